The van der Waals surface area contributed by atoms with Crippen LogP contribution in [0.25, 0.3) is 0 Å². The molecule has 2 N–H and O–H groups in total. The van der Waals surface area contributed by atoms with Crippen molar-refractivity contribution < 1.29 is 24.5 Å². The van der Waals surface area contributed by atoms with E-state index in [0.29, 0.717) is 29.9 Å². The number of hydrogen-bond donors (Lipinski definition) is 2. The second-order valence-corrected chi connectivity index (χ2v) is 8.18. The number of aliphatic hydroxyl groups excluding tert-OH is 2. The predicted octanol–water partition coefficient (Wildman–Crippen LogP) is 2.65. The number of aliphatic hydroxyl groups is 2. The lowest BCUT2D eigenvalue weighted by Gasteiger charge is -2.35. The average molecular weight is 350 g/mol. The summed E-state index contributed by atoms with van der Waals surface area (Å²) < 4.78 is 11.7. The fourth-order valence-corrected chi connectivity index (χ4v) is 4.37. The molecule has 3 heterocycles. The van der Waals surface area contributed by atoms with Crippen LogP contribution in [0.2, 0.25) is 0 Å². The third kappa shape index (κ3) is 3.42. The highest BCUT2D eigenvalue weighted by Gasteiger charge is 2.49. The highest BCUT2D eigenvalue weighted by atomic mass is 16.6. The van der Waals surface area contributed by atoms with E-state index < -0.39 is 29.9 Å². The molecule has 25 heavy (non-hydrogen) atoms. The van der Waals surface area contributed by atoms with Gasteiger partial charge in [-0.05, 0) is 52.4 Å². The average Bonchev–Trinajstić information content (AvgIpc) is 3.07. The molecule has 1 saturated heterocycles. The third-order valence-corrected chi connectivity index (χ3v) is 6.18. The Morgan fingerprint density at radius 2 is 1.96 bits per heavy atom. The van der Waals surface area contributed by atoms with Crippen molar-refractivity contribution in [1.29, 1.82) is 0 Å². The first kappa shape index (κ1) is 18.6. The summed E-state index contributed by atoms with van der Waals surface area (Å²) in [6.07, 6.45) is 3.61. The lowest BCUT2D eigenvalue weighted by atomic mass is 9.84. The minimum absolute atomic E-state index is 0.0913. The molecule has 0 unspecified atom stereocenters. The van der Waals surface area contributed by atoms with Crippen molar-refractivity contribution >= 4 is 5.97 Å². The number of hydrogen-bond acceptors (Lipinski definition) is 5. The van der Waals surface area contributed by atoms with Crippen LogP contribution in [-0.2, 0) is 14.3 Å². The second-order valence-electron chi connectivity index (χ2n) is 8.18. The van der Waals surface area contributed by atoms with E-state index in [1.54, 1.807) is 6.92 Å². The van der Waals surface area contributed by atoms with E-state index in [4.69, 9.17) is 9.47 Å². The lowest BCUT2D eigenvalue weighted by molar-refractivity contribution is -0.146. The highest BCUT2D eigenvalue weighted by molar-refractivity contribution is 5.92. The third-order valence-electron chi connectivity index (χ3n) is 6.18. The normalized spacial score (nSPS) is 45.0. The van der Waals surface area contributed by atoms with Crippen LogP contribution in [0.1, 0.15) is 59.8 Å². The molecule has 0 amide bonds. The second kappa shape index (κ2) is 6.86. The minimum Gasteiger partial charge on any atom is -0.454 e. The molecule has 5 nitrogen and oxygen atoms in total. The van der Waals surface area contributed by atoms with Gasteiger partial charge in [0.05, 0.1) is 11.7 Å². The van der Waals surface area contributed by atoms with Crippen LogP contribution in [0, 0.1) is 5.92 Å². The van der Waals surface area contributed by atoms with Crippen LogP contribution in [0.5, 0.6) is 0 Å². The molecule has 140 valence electrons. The summed E-state index contributed by atoms with van der Waals surface area (Å²) in [4.78, 5) is 12.0. The van der Waals surface area contributed by atoms with Crippen LogP contribution >= 0.6 is 0 Å². The first-order chi connectivity index (χ1) is 11.7. The number of esters is 1. The summed E-state index contributed by atoms with van der Waals surface area (Å²) >= 11 is 0. The summed E-state index contributed by atoms with van der Waals surface area (Å²) in [5.74, 6) is -0.00983. The molecule has 0 radical (unpaired) electrons. The zero-order chi connectivity index (χ0) is 18.4. The molecular weight excluding hydrogens is 320 g/mol. The van der Waals surface area contributed by atoms with E-state index in [9.17, 15) is 15.0 Å². The highest BCUT2D eigenvalue weighted by Crippen LogP contribution is 2.41. The summed E-state index contributed by atoms with van der Waals surface area (Å²) in [6, 6.07) is 0. The minimum atomic E-state index is -1.16. The van der Waals surface area contributed by atoms with E-state index in [1.165, 1.54) is 0 Å². The molecule has 3 aliphatic heterocycles. The van der Waals surface area contributed by atoms with Crippen molar-refractivity contribution in [2.45, 2.75) is 89.8 Å². The quantitative estimate of drug-likeness (QED) is 0.519. The summed E-state index contributed by atoms with van der Waals surface area (Å²) in [7, 11) is 0. The molecule has 1 fully saturated rings. The van der Waals surface area contributed by atoms with Gasteiger partial charge >= 0.3 is 5.97 Å². The molecule has 3 aliphatic rings. The summed E-state index contributed by atoms with van der Waals surface area (Å²) in [6.45, 7) is 7.73. The number of rotatable bonds is 0. The molecule has 3 rings (SSSR count). The van der Waals surface area contributed by atoms with Crippen molar-refractivity contribution in [3.63, 3.8) is 0 Å². The van der Waals surface area contributed by atoms with E-state index >= 15 is 0 Å². The Balaban J connectivity index is 1.97. The van der Waals surface area contributed by atoms with Gasteiger partial charge in [-0.25, -0.2) is 4.79 Å². The Bertz CT molecular complexity index is 607. The van der Waals surface area contributed by atoms with Gasteiger partial charge in [0.2, 0.25) is 0 Å². The fraction of sp³-hybridized carbons (Fsp3) is 0.750. The standard InChI is InChI=1S/C20H30O5/c1-11-6-5-7-12(2)14-8-9-20(4,25-14)18(22)17(21)16-13(3)19(23)24-15(16)10-11/h6,12,14-15,17-18,21-22H,5,7-10H2,1-4H3/b11-6+/t12-,14+,15-,17-,18+,20-/m0/s1. The van der Waals surface area contributed by atoms with Crippen LogP contribution in [0.15, 0.2) is 22.8 Å². The van der Waals surface area contributed by atoms with E-state index in [-0.39, 0.29) is 6.10 Å². The van der Waals surface area contributed by atoms with Gasteiger partial charge in [0, 0.05) is 17.6 Å². The molecule has 0 aliphatic carbocycles. The Morgan fingerprint density at radius 3 is 2.68 bits per heavy atom. The molecule has 6 atom stereocenters. The number of ether oxygens (including phenoxy) is 2. The maximum Gasteiger partial charge on any atom is 0.334 e. The number of carbonyl (C=O) groups is 1. The van der Waals surface area contributed by atoms with Gasteiger partial charge in [0.25, 0.3) is 0 Å². The van der Waals surface area contributed by atoms with Gasteiger partial charge in [0.15, 0.2) is 0 Å². The van der Waals surface area contributed by atoms with Gasteiger partial charge in [0.1, 0.15) is 18.3 Å². The summed E-state index contributed by atoms with van der Waals surface area (Å²) in [5, 5.41) is 21.8. The number of allylic oxidation sites excluding steroid dienone is 1. The van der Waals surface area contributed by atoms with Gasteiger partial charge in [-0.3, -0.25) is 0 Å². The first-order valence-electron chi connectivity index (χ1n) is 9.34. The number of fused-ring (bicyclic) bond motifs is 3. The summed E-state index contributed by atoms with van der Waals surface area (Å²) in [5.41, 5.74) is 1.24. The molecular formula is C20H30O5. The van der Waals surface area contributed by atoms with Gasteiger partial charge in [-0.15, -0.1) is 0 Å². The van der Waals surface area contributed by atoms with Crippen LogP contribution < -0.4 is 0 Å². The van der Waals surface area contributed by atoms with Crippen molar-refractivity contribution in [3.8, 4) is 0 Å². The van der Waals surface area contributed by atoms with Crippen molar-refractivity contribution in [1.82, 2.24) is 0 Å². The Hall–Kier alpha value is -1.17. The largest absolute Gasteiger partial charge is 0.454 e. The molecule has 0 aromatic rings. The molecule has 0 aromatic heterocycles. The van der Waals surface area contributed by atoms with Crippen LogP contribution in [-0.4, -0.2) is 46.2 Å². The Labute approximate surface area is 149 Å². The van der Waals surface area contributed by atoms with E-state index in [1.807, 2.05) is 13.8 Å². The number of carbonyl (C=O) groups excluding carboxylic acids is 1. The lowest BCUT2D eigenvalue weighted by Crippen LogP contribution is -2.49. The van der Waals surface area contributed by atoms with Gasteiger partial charge in [-0.2, -0.15) is 0 Å². The van der Waals surface area contributed by atoms with Gasteiger partial charge < -0.3 is 19.7 Å². The smallest absolute Gasteiger partial charge is 0.334 e. The molecule has 0 aromatic carbocycles. The van der Waals surface area contributed by atoms with E-state index in [0.717, 1.165) is 24.8 Å². The fourth-order valence-electron chi connectivity index (χ4n) is 4.37. The maximum atomic E-state index is 12.0. The monoisotopic (exact) mass is 350 g/mol. The van der Waals surface area contributed by atoms with Gasteiger partial charge in [-0.1, -0.05) is 18.6 Å². The molecule has 2 bridgehead atoms. The van der Waals surface area contributed by atoms with Crippen LogP contribution in [0.3, 0.4) is 0 Å². The van der Waals surface area contributed by atoms with Crippen LogP contribution in [0.4, 0.5) is 0 Å². The SMILES string of the molecule is CC1=C2[C@H](C/C(C)=C/CC[C@H](C)[C@H]3CC[C@](C)(O3)[C@H](O)[C@H]2O)OC1=O. The first-order valence-corrected chi connectivity index (χ1v) is 9.34. The van der Waals surface area contributed by atoms with Crippen molar-refractivity contribution in [2.75, 3.05) is 0 Å². The molecule has 0 saturated carbocycles. The zero-order valence-electron chi connectivity index (χ0n) is 15.6. The predicted molar refractivity (Wildman–Crippen MR) is 93.9 cm³/mol. The molecule has 0 spiro atoms. The van der Waals surface area contributed by atoms with Crippen molar-refractivity contribution in [2.24, 2.45) is 5.92 Å². The topological polar surface area (TPSA) is 76.0 Å². The Kier molecular flexibility index (Phi) is 5.11. The van der Waals surface area contributed by atoms with E-state index in [2.05, 4.69) is 13.0 Å². The molecule has 5 heteroatoms. The Morgan fingerprint density at radius 1 is 1.24 bits per heavy atom. The zero-order valence-corrected chi connectivity index (χ0v) is 15.6. The maximum absolute atomic E-state index is 12.0. The van der Waals surface area contributed by atoms with Crippen molar-refractivity contribution in [3.05, 3.63) is 22.8 Å².